The lowest BCUT2D eigenvalue weighted by molar-refractivity contribution is 0.0592. The summed E-state index contributed by atoms with van der Waals surface area (Å²) in [4.78, 5) is 54.9. The van der Waals surface area contributed by atoms with Crippen LogP contribution in [0.3, 0.4) is 0 Å². The molecule has 0 radical (unpaired) electrons. The summed E-state index contributed by atoms with van der Waals surface area (Å²) in [5.41, 5.74) is 1.45. The lowest BCUT2D eigenvalue weighted by atomic mass is 9.99. The van der Waals surface area contributed by atoms with Crippen LogP contribution >= 0.6 is 11.3 Å². The number of amides is 2. The number of aromatic nitrogens is 3. The van der Waals surface area contributed by atoms with Crippen molar-refractivity contribution < 1.29 is 9.59 Å². The minimum Gasteiger partial charge on any atom is -0.332 e. The van der Waals surface area contributed by atoms with Gasteiger partial charge in [-0.1, -0.05) is 12.1 Å². The second kappa shape index (κ2) is 8.66. The lowest BCUT2D eigenvalue weighted by Crippen LogP contribution is -2.42. The van der Waals surface area contributed by atoms with E-state index in [9.17, 15) is 14.4 Å². The van der Waals surface area contributed by atoms with Gasteiger partial charge in [0.05, 0.1) is 23.2 Å². The molecule has 2 aliphatic heterocycles. The van der Waals surface area contributed by atoms with E-state index in [-0.39, 0.29) is 23.4 Å². The fraction of sp³-hybridized carbons (Fsp3) is 0.348. The third-order valence-corrected chi connectivity index (χ3v) is 6.93. The number of aromatic amines is 1. The molecule has 164 valence electrons. The third-order valence-electron chi connectivity index (χ3n) is 6.07. The smallest absolute Gasteiger partial charge is 0.273 e. The first-order valence-electron chi connectivity index (χ1n) is 10.8. The number of fused-ring (bicyclic) bond motifs is 1. The minimum atomic E-state index is -0.320. The molecular formula is C23H23N5O3S. The molecule has 5 rings (SSSR count). The van der Waals surface area contributed by atoms with Crippen molar-refractivity contribution in [3.63, 3.8) is 0 Å². The number of rotatable bonds is 3. The second-order valence-electron chi connectivity index (χ2n) is 8.06. The van der Waals surface area contributed by atoms with Crippen LogP contribution in [0.1, 0.15) is 62.5 Å². The van der Waals surface area contributed by atoms with E-state index in [1.165, 1.54) is 11.3 Å². The van der Waals surface area contributed by atoms with Crippen LogP contribution in [0.5, 0.6) is 0 Å². The number of pyridine rings is 1. The fourth-order valence-electron chi connectivity index (χ4n) is 4.44. The predicted molar refractivity (Wildman–Crippen MR) is 119 cm³/mol. The normalized spacial score (nSPS) is 18.3. The van der Waals surface area contributed by atoms with Crippen LogP contribution in [0.4, 0.5) is 0 Å². The zero-order valence-corrected chi connectivity index (χ0v) is 18.3. The molecule has 9 heteroatoms. The van der Waals surface area contributed by atoms with Crippen LogP contribution in [-0.4, -0.2) is 49.7 Å². The number of likely N-dealkylation sites (tertiary alicyclic amines) is 1. The van der Waals surface area contributed by atoms with Gasteiger partial charge in [0.15, 0.2) is 0 Å². The molecule has 3 aromatic heterocycles. The van der Waals surface area contributed by atoms with E-state index in [1.807, 2.05) is 17.5 Å². The maximum Gasteiger partial charge on any atom is 0.273 e. The number of nitrogens with zero attached hydrogens (tertiary/aromatic N) is 4. The van der Waals surface area contributed by atoms with Gasteiger partial charge in [-0.05, 0) is 49.3 Å². The van der Waals surface area contributed by atoms with Crippen LogP contribution < -0.4 is 5.56 Å². The molecule has 0 unspecified atom stereocenters. The summed E-state index contributed by atoms with van der Waals surface area (Å²) in [7, 11) is 0. The number of carbonyl (C=O) groups is 2. The topological polar surface area (TPSA) is 99.3 Å². The number of thiophene rings is 1. The fourth-order valence-corrected chi connectivity index (χ4v) is 5.13. The van der Waals surface area contributed by atoms with Gasteiger partial charge in [0.1, 0.15) is 11.5 Å². The predicted octanol–water partition coefficient (Wildman–Crippen LogP) is 2.79. The standard InChI is InChI=1S/C23H23N5O3S/c29-21-15-9-12-27(23(31)19-8-5-13-32-19)14-17(15)25-20(26-21)18-7-2-4-11-28(18)22(30)16-6-1-3-10-24-16/h1,3,5-6,8,10,13,18H,2,4,7,9,11-12,14H2,(H,25,26,29)/t18-/m0/s1. The molecule has 1 atom stereocenters. The first-order valence-corrected chi connectivity index (χ1v) is 11.7. The first-order chi connectivity index (χ1) is 15.6. The molecule has 0 aromatic carbocycles. The molecule has 1 N–H and O–H groups in total. The highest BCUT2D eigenvalue weighted by atomic mass is 32.1. The van der Waals surface area contributed by atoms with Crippen molar-refractivity contribution in [1.29, 1.82) is 0 Å². The molecule has 8 nitrogen and oxygen atoms in total. The number of carbonyl (C=O) groups excluding carboxylic acids is 2. The lowest BCUT2D eigenvalue weighted by Gasteiger charge is -2.35. The van der Waals surface area contributed by atoms with E-state index in [4.69, 9.17) is 4.98 Å². The Morgan fingerprint density at radius 3 is 2.78 bits per heavy atom. The molecule has 1 fully saturated rings. The Morgan fingerprint density at radius 1 is 1.09 bits per heavy atom. The highest BCUT2D eigenvalue weighted by Gasteiger charge is 2.33. The van der Waals surface area contributed by atoms with Gasteiger partial charge in [-0.25, -0.2) is 4.98 Å². The minimum absolute atomic E-state index is 0.0427. The van der Waals surface area contributed by atoms with E-state index in [0.717, 1.165) is 19.3 Å². The van der Waals surface area contributed by atoms with E-state index >= 15 is 0 Å². The maximum absolute atomic E-state index is 13.1. The van der Waals surface area contributed by atoms with Crippen LogP contribution in [0, 0.1) is 0 Å². The van der Waals surface area contributed by atoms with Crippen molar-refractivity contribution in [3.8, 4) is 0 Å². The van der Waals surface area contributed by atoms with E-state index < -0.39 is 0 Å². The summed E-state index contributed by atoms with van der Waals surface area (Å²) in [6.45, 7) is 1.37. The molecule has 5 heterocycles. The van der Waals surface area contributed by atoms with Crippen LogP contribution in [-0.2, 0) is 13.0 Å². The number of H-pyrrole nitrogens is 1. The van der Waals surface area contributed by atoms with Crippen molar-refractivity contribution in [3.05, 3.63) is 79.9 Å². The number of piperidine rings is 1. The molecule has 3 aromatic rings. The molecule has 0 saturated carbocycles. The Kier molecular flexibility index (Phi) is 5.57. The van der Waals surface area contributed by atoms with Gasteiger partial charge in [0.25, 0.3) is 17.4 Å². The highest BCUT2D eigenvalue weighted by molar-refractivity contribution is 7.12. The summed E-state index contributed by atoms with van der Waals surface area (Å²) in [5, 5.41) is 1.88. The third kappa shape index (κ3) is 3.84. The zero-order valence-electron chi connectivity index (χ0n) is 17.5. The van der Waals surface area contributed by atoms with Gasteiger partial charge in [-0.15, -0.1) is 11.3 Å². The molecule has 2 aliphatic rings. The van der Waals surface area contributed by atoms with Crippen LogP contribution in [0.25, 0.3) is 0 Å². The Hall–Kier alpha value is -3.33. The van der Waals surface area contributed by atoms with Crippen molar-refractivity contribution >= 4 is 23.2 Å². The zero-order chi connectivity index (χ0) is 22.1. The molecular weight excluding hydrogens is 426 g/mol. The average Bonchev–Trinajstić information content (AvgIpc) is 3.38. The summed E-state index contributed by atoms with van der Waals surface area (Å²) in [6, 6.07) is 8.60. The van der Waals surface area contributed by atoms with Gasteiger partial charge < -0.3 is 14.8 Å². The SMILES string of the molecule is O=C(c1cccs1)N1CCc2c(nc([C@@H]3CCCCN3C(=O)c3ccccn3)[nH]c2=O)C1. The Bertz CT molecular complexity index is 1190. The monoisotopic (exact) mass is 449 g/mol. The van der Waals surface area contributed by atoms with Crippen molar-refractivity contribution in [2.45, 2.75) is 38.3 Å². The van der Waals surface area contributed by atoms with Crippen molar-refractivity contribution in [2.24, 2.45) is 0 Å². The van der Waals surface area contributed by atoms with Gasteiger partial charge in [-0.3, -0.25) is 19.4 Å². The van der Waals surface area contributed by atoms with Crippen LogP contribution in [0.15, 0.2) is 46.7 Å². The van der Waals surface area contributed by atoms with Gasteiger partial charge in [0.2, 0.25) is 0 Å². The second-order valence-corrected chi connectivity index (χ2v) is 9.00. The Labute approximate surface area is 188 Å². The quantitative estimate of drug-likeness (QED) is 0.663. The molecule has 0 aliphatic carbocycles. The summed E-state index contributed by atoms with van der Waals surface area (Å²) in [6.07, 6.45) is 4.63. The largest absolute Gasteiger partial charge is 0.332 e. The molecule has 0 bridgehead atoms. The number of hydrogen-bond acceptors (Lipinski definition) is 6. The van der Waals surface area contributed by atoms with Gasteiger partial charge in [-0.2, -0.15) is 0 Å². The molecule has 0 spiro atoms. The maximum atomic E-state index is 13.1. The molecule has 2 amide bonds. The van der Waals surface area contributed by atoms with Crippen molar-refractivity contribution in [1.82, 2.24) is 24.8 Å². The molecule has 32 heavy (non-hydrogen) atoms. The van der Waals surface area contributed by atoms with E-state index in [0.29, 0.717) is 53.7 Å². The van der Waals surface area contributed by atoms with Crippen LogP contribution in [0.2, 0.25) is 0 Å². The average molecular weight is 450 g/mol. The number of hydrogen-bond donors (Lipinski definition) is 1. The van der Waals surface area contributed by atoms with E-state index in [2.05, 4.69) is 9.97 Å². The van der Waals surface area contributed by atoms with Gasteiger partial charge in [0, 0.05) is 24.8 Å². The Morgan fingerprint density at radius 2 is 2.00 bits per heavy atom. The highest BCUT2D eigenvalue weighted by Crippen LogP contribution is 2.30. The molecule has 1 saturated heterocycles. The van der Waals surface area contributed by atoms with E-state index in [1.54, 1.807) is 34.2 Å². The summed E-state index contributed by atoms with van der Waals surface area (Å²) >= 11 is 1.41. The van der Waals surface area contributed by atoms with Gasteiger partial charge >= 0.3 is 0 Å². The summed E-state index contributed by atoms with van der Waals surface area (Å²) in [5.74, 6) is 0.284. The first kappa shape index (κ1) is 20.6. The van der Waals surface area contributed by atoms with Crippen molar-refractivity contribution in [2.75, 3.05) is 13.1 Å². The number of nitrogens with one attached hydrogen (secondary N) is 1. The summed E-state index contributed by atoms with van der Waals surface area (Å²) < 4.78 is 0. The Balaban J connectivity index is 1.44.